The lowest BCUT2D eigenvalue weighted by Crippen LogP contribution is -2.13. The standard InChI is InChI=1S/C27H26N2O3/c1-4-31-26-17-21(12-15-25(26)32-20(3)22-8-6-5-7-9-22)16-23(18-28)27(30)29-24-13-10-19(2)11-14-24/h5-17,20H,4H2,1-3H3,(H,29,30)/b23-16+/t20-/m0/s1. The van der Waals surface area contributed by atoms with Crippen molar-refractivity contribution in [2.75, 3.05) is 11.9 Å². The van der Waals surface area contributed by atoms with E-state index >= 15 is 0 Å². The van der Waals surface area contributed by atoms with E-state index in [4.69, 9.17) is 9.47 Å². The van der Waals surface area contributed by atoms with Gasteiger partial charge in [0.25, 0.3) is 5.91 Å². The van der Waals surface area contributed by atoms with E-state index in [2.05, 4.69) is 5.32 Å². The highest BCUT2D eigenvalue weighted by molar-refractivity contribution is 6.09. The van der Waals surface area contributed by atoms with Crippen LogP contribution in [0, 0.1) is 18.3 Å². The molecule has 0 aliphatic heterocycles. The van der Waals surface area contributed by atoms with Crippen molar-refractivity contribution in [3.05, 3.63) is 95.1 Å². The minimum atomic E-state index is -0.465. The van der Waals surface area contributed by atoms with E-state index in [9.17, 15) is 10.1 Å². The summed E-state index contributed by atoms with van der Waals surface area (Å²) in [4.78, 5) is 12.6. The normalized spacial score (nSPS) is 11.9. The second-order valence-electron chi connectivity index (χ2n) is 7.30. The van der Waals surface area contributed by atoms with Gasteiger partial charge in [0.2, 0.25) is 0 Å². The van der Waals surface area contributed by atoms with Crippen LogP contribution in [0.5, 0.6) is 11.5 Å². The molecule has 1 N–H and O–H groups in total. The van der Waals surface area contributed by atoms with Crippen LogP contribution in [0.2, 0.25) is 0 Å². The zero-order valence-corrected chi connectivity index (χ0v) is 18.5. The summed E-state index contributed by atoms with van der Waals surface area (Å²) in [7, 11) is 0. The molecule has 0 fully saturated rings. The molecule has 5 heteroatoms. The van der Waals surface area contributed by atoms with Crippen LogP contribution in [0.25, 0.3) is 6.08 Å². The van der Waals surface area contributed by atoms with E-state index < -0.39 is 5.91 Å². The van der Waals surface area contributed by atoms with Gasteiger partial charge < -0.3 is 14.8 Å². The van der Waals surface area contributed by atoms with E-state index in [1.54, 1.807) is 30.3 Å². The molecule has 0 bridgehead atoms. The molecule has 3 rings (SSSR count). The maximum absolute atomic E-state index is 12.6. The highest BCUT2D eigenvalue weighted by atomic mass is 16.5. The number of nitriles is 1. The zero-order valence-electron chi connectivity index (χ0n) is 18.5. The van der Waals surface area contributed by atoms with Crippen LogP contribution in [0.15, 0.2) is 78.4 Å². The zero-order chi connectivity index (χ0) is 22.9. The maximum Gasteiger partial charge on any atom is 0.266 e. The molecule has 0 unspecified atom stereocenters. The fraction of sp³-hybridized carbons (Fsp3) is 0.185. The largest absolute Gasteiger partial charge is 0.490 e. The fourth-order valence-electron chi connectivity index (χ4n) is 3.11. The maximum atomic E-state index is 12.6. The quantitative estimate of drug-likeness (QED) is 0.350. The molecule has 0 aliphatic carbocycles. The minimum absolute atomic E-state index is 0.000606. The molecule has 0 saturated carbocycles. The van der Waals surface area contributed by atoms with Gasteiger partial charge in [-0.1, -0.05) is 54.1 Å². The second kappa shape index (κ2) is 10.8. The number of carbonyl (C=O) groups is 1. The molecular weight excluding hydrogens is 400 g/mol. The summed E-state index contributed by atoms with van der Waals surface area (Å²) < 4.78 is 11.9. The molecule has 5 nitrogen and oxygen atoms in total. The van der Waals surface area contributed by atoms with Gasteiger partial charge in [-0.15, -0.1) is 0 Å². The van der Waals surface area contributed by atoms with Crippen molar-refractivity contribution in [1.82, 2.24) is 0 Å². The van der Waals surface area contributed by atoms with Crippen LogP contribution < -0.4 is 14.8 Å². The molecule has 1 amide bonds. The molecule has 3 aromatic carbocycles. The Morgan fingerprint density at radius 3 is 2.44 bits per heavy atom. The number of aryl methyl sites for hydroxylation is 1. The van der Waals surface area contributed by atoms with Crippen molar-refractivity contribution < 1.29 is 14.3 Å². The third kappa shape index (κ3) is 5.99. The second-order valence-corrected chi connectivity index (χ2v) is 7.30. The first-order chi connectivity index (χ1) is 15.5. The monoisotopic (exact) mass is 426 g/mol. The van der Waals surface area contributed by atoms with Gasteiger partial charge in [0, 0.05) is 5.69 Å². The summed E-state index contributed by atoms with van der Waals surface area (Å²) in [5, 5.41) is 12.3. The molecule has 162 valence electrons. The molecular formula is C27H26N2O3. The van der Waals surface area contributed by atoms with Gasteiger partial charge in [0.1, 0.15) is 17.7 Å². The average molecular weight is 427 g/mol. The van der Waals surface area contributed by atoms with Crippen LogP contribution >= 0.6 is 0 Å². The van der Waals surface area contributed by atoms with Crippen molar-refractivity contribution in [2.24, 2.45) is 0 Å². The molecule has 3 aromatic rings. The van der Waals surface area contributed by atoms with Gasteiger partial charge in [0.05, 0.1) is 6.61 Å². The molecule has 1 atom stereocenters. The third-order valence-corrected chi connectivity index (χ3v) is 4.83. The van der Waals surface area contributed by atoms with Gasteiger partial charge in [-0.3, -0.25) is 4.79 Å². The van der Waals surface area contributed by atoms with Gasteiger partial charge >= 0.3 is 0 Å². The molecule has 0 saturated heterocycles. The Labute approximate surface area is 188 Å². The Bertz CT molecular complexity index is 1130. The third-order valence-electron chi connectivity index (χ3n) is 4.83. The number of benzene rings is 3. The number of anilines is 1. The average Bonchev–Trinajstić information content (AvgIpc) is 2.81. The summed E-state index contributed by atoms with van der Waals surface area (Å²) in [5.41, 5.74) is 3.45. The van der Waals surface area contributed by atoms with Crippen LogP contribution in [-0.4, -0.2) is 12.5 Å². The molecule has 0 spiro atoms. The first kappa shape index (κ1) is 22.6. The highest BCUT2D eigenvalue weighted by Crippen LogP contribution is 2.33. The molecule has 0 aliphatic rings. The Hall–Kier alpha value is -4.04. The lowest BCUT2D eigenvalue weighted by Gasteiger charge is -2.18. The van der Waals surface area contributed by atoms with Crippen LogP contribution in [0.3, 0.4) is 0 Å². The molecule has 0 radical (unpaired) electrons. The first-order valence-corrected chi connectivity index (χ1v) is 10.5. The van der Waals surface area contributed by atoms with E-state index in [0.717, 1.165) is 11.1 Å². The number of nitrogens with one attached hydrogen (secondary N) is 1. The number of carbonyl (C=O) groups excluding carboxylic acids is 1. The Kier molecular flexibility index (Phi) is 7.66. The lowest BCUT2D eigenvalue weighted by molar-refractivity contribution is -0.112. The predicted octanol–water partition coefficient (Wildman–Crippen LogP) is 6.08. The number of nitrogens with zero attached hydrogens (tertiary/aromatic N) is 1. The fourth-order valence-corrected chi connectivity index (χ4v) is 3.11. The van der Waals surface area contributed by atoms with Crippen LogP contribution in [-0.2, 0) is 4.79 Å². The van der Waals surface area contributed by atoms with E-state index in [0.29, 0.717) is 29.4 Å². The Balaban J connectivity index is 1.81. The van der Waals surface area contributed by atoms with Crippen molar-refractivity contribution in [3.63, 3.8) is 0 Å². The summed E-state index contributed by atoms with van der Waals surface area (Å²) in [6, 6.07) is 24.7. The topological polar surface area (TPSA) is 71.3 Å². The summed E-state index contributed by atoms with van der Waals surface area (Å²) in [6.45, 7) is 6.29. The summed E-state index contributed by atoms with van der Waals surface area (Å²) in [5.74, 6) is 0.690. The van der Waals surface area contributed by atoms with Gasteiger partial charge in [-0.2, -0.15) is 5.26 Å². The molecule has 0 heterocycles. The predicted molar refractivity (Wildman–Crippen MR) is 126 cm³/mol. The number of hydrogen-bond acceptors (Lipinski definition) is 4. The van der Waals surface area contributed by atoms with E-state index in [-0.39, 0.29) is 11.7 Å². The van der Waals surface area contributed by atoms with Gasteiger partial charge in [-0.05, 0) is 62.2 Å². The van der Waals surface area contributed by atoms with Crippen molar-refractivity contribution >= 4 is 17.7 Å². The van der Waals surface area contributed by atoms with Crippen molar-refractivity contribution in [1.29, 1.82) is 5.26 Å². The lowest BCUT2D eigenvalue weighted by atomic mass is 10.1. The van der Waals surface area contributed by atoms with Crippen LogP contribution in [0.1, 0.15) is 36.6 Å². The minimum Gasteiger partial charge on any atom is -0.490 e. The molecule has 32 heavy (non-hydrogen) atoms. The number of rotatable bonds is 8. The summed E-state index contributed by atoms with van der Waals surface area (Å²) in [6.07, 6.45) is 1.38. The summed E-state index contributed by atoms with van der Waals surface area (Å²) >= 11 is 0. The van der Waals surface area contributed by atoms with Crippen LogP contribution in [0.4, 0.5) is 5.69 Å². The van der Waals surface area contributed by atoms with Gasteiger partial charge in [0.15, 0.2) is 11.5 Å². The SMILES string of the molecule is CCOc1cc(/C=C(\C#N)C(=O)Nc2ccc(C)cc2)ccc1O[C@@H](C)c1ccccc1. The number of amides is 1. The Morgan fingerprint density at radius 2 is 1.78 bits per heavy atom. The highest BCUT2D eigenvalue weighted by Gasteiger charge is 2.14. The van der Waals surface area contributed by atoms with Gasteiger partial charge in [-0.25, -0.2) is 0 Å². The number of ether oxygens (including phenoxy) is 2. The Morgan fingerprint density at radius 1 is 1.06 bits per heavy atom. The number of hydrogen-bond donors (Lipinski definition) is 1. The van der Waals surface area contributed by atoms with E-state index in [1.165, 1.54) is 6.08 Å². The first-order valence-electron chi connectivity index (χ1n) is 10.5. The van der Waals surface area contributed by atoms with Crippen molar-refractivity contribution in [2.45, 2.75) is 26.9 Å². The smallest absolute Gasteiger partial charge is 0.266 e. The molecule has 0 aromatic heterocycles. The van der Waals surface area contributed by atoms with Crippen molar-refractivity contribution in [3.8, 4) is 17.6 Å². The van der Waals surface area contributed by atoms with E-state index in [1.807, 2.05) is 69.3 Å².